The number of nitriles is 1. The molecule has 21 heavy (non-hydrogen) atoms. The molecule has 0 saturated heterocycles. The third-order valence-corrected chi connectivity index (χ3v) is 3.49. The largest absolute Gasteiger partial charge is 0.462 e. The van der Waals surface area contributed by atoms with Gasteiger partial charge < -0.3 is 10.5 Å². The van der Waals surface area contributed by atoms with Crippen LogP contribution >= 0.6 is 11.8 Å². The van der Waals surface area contributed by atoms with Gasteiger partial charge in [-0.25, -0.2) is 4.79 Å². The number of esters is 1. The first-order valence-corrected chi connectivity index (χ1v) is 6.96. The smallest absolute Gasteiger partial charge is 0.338 e. The van der Waals surface area contributed by atoms with Crippen molar-refractivity contribution < 1.29 is 14.3 Å². The Balaban J connectivity index is 2.19. The van der Waals surface area contributed by atoms with Crippen LogP contribution < -0.4 is 10.7 Å². The van der Waals surface area contributed by atoms with Crippen LogP contribution in [0, 0.1) is 10.7 Å². The number of nitrogens with zero attached hydrogens (tertiary/aromatic N) is 3. The topological polar surface area (TPSA) is 109 Å². The summed E-state index contributed by atoms with van der Waals surface area (Å²) in [5.74, 6) is -0.735. The zero-order valence-electron chi connectivity index (χ0n) is 11.1. The lowest BCUT2D eigenvalue weighted by Gasteiger charge is -2.12. The summed E-state index contributed by atoms with van der Waals surface area (Å²) in [4.78, 5) is 23.6. The maximum Gasteiger partial charge on any atom is 0.338 e. The van der Waals surface area contributed by atoms with Crippen molar-refractivity contribution in [2.45, 2.75) is 12.2 Å². The molecule has 7 nitrogen and oxygen atoms in total. The highest BCUT2D eigenvalue weighted by Gasteiger charge is 2.36. The molecule has 108 valence electrons. The van der Waals surface area contributed by atoms with Crippen molar-refractivity contribution in [2.75, 3.05) is 11.6 Å². The normalized spacial score (nSPS) is 17.3. The Morgan fingerprint density at radius 3 is 2.76 bits per heavy atom. The van der Waals surface area contributed by atoms with Crippen molar-refractivity contribution >= 4 is 35.2 Å². The predicted octanol–water partition coefficient (Wildman–Crippen LogP) is 1.06. The lowest BCUT2D eigenvalue weighted by atomic mass is 10.2. The highest BCUT2D eigenvalue weighted by Crippen LogP contribution is 2.25. The molecule has 1 aliphatic heterocycles. The van der Waals surface area contributed by atoms with Crippen LogP contribution in [0.1, 0.15) is 17.3 Å². The molecular weight excluding hydrogens is 292 g/mol. The summed E-state index contributed by atoms with van der Waals surface area (Å²) in [7, 11) is 0. The molecule has 1 amide bonds. The number of rotatable bonds is 4. The Morgan fingerprint density at radius 2 is 2.19 bits per heavy atom. The average Bonchev–Trinajstić information content (AvgIpc) is 2.76. The van der Waals surface area contributed by atoms with Gasteiger partial charge in [0.25, 0.3) is 5.91 Å². The third-order valence-electron chi connectivity index (χ3n) is 2.71. The van der Waals surface area contributed by atoms with Crippen molar-refractivity contribution in [3.63, 3.8) is 0 Å². The van der Waals surface area contributed by atoms with Gasteiger partial charge in [0.1, 0.15) is 11.2 Å². The molecule has 0 saturated carbocycles. The number of ether oxygens (including phenoxy) is 1. The van der Waals surface area contributed by atoms with Crippen molar-refractivity contribution in [3.05, 3.63) is 29.8 Å². The van der Waals surface area contributed by atoms with Crippen LogP contribution in [-0.4, -0.2) is 29.6 Å². The van der Waals surface area contributed by atoms with Gasteiger partial charge in [0.15, 0.2) is 5.25 Å². The number of nitrogens with two attached hydrogens (primary N) is 1. The van der Waals surface area contributed by atoms with Crippen LogP contribution in [0.2, 0.25) is 0 Å². The van der Waals surface area contributed by atoms with E-state index in [0.717, 1.165) is 16.8 Å². The average molecular weight is 304 g/mol. The van der Waals surface area contributed by atoms with E-state index < -0.39 is 11.2 Å². The highest BCUT2D eigenvalue weighted by atomic mass is 32.2. The second-order valence-electron chi connectivity index (χ2n) is 4.03. The van der Waals surface area contributed by atoms with Gasteiger partial charge in [0, 0.05) is 0 Å². The Labute approximate surface area is 125 Å². The number of anilines is 1. The maximum atomic E-state index is 12.1. The van der Waals surface area contributed by atoms with E-state index in [9.17, 15) is 9.59 Å². The molecule has 1 heterocycles. The van der Waals surface area contributed by atoms with E-state index in [1.54, 1.807) is 19.1 Å². The van der Waals surface area contributed by atoms with Crippen LogP contribution in [0.5, 0.6) is 0 Å². The van der Waals surface area contributed by atoms with Crippen molar-refractivity contribution in [1.82, 2.24) is 0 Å². The van der Waals surface area contributed by atoms with Gasteiger partial charge in [0.2, 0.25) is 0 Å². The van der Waals surface area contributed by atoms with Crippen molar-refractivity contribution in [1.29, 1.82) is 5.26 Å². The molecule has 8 heteroatoms. The number of thioether (sulfide) groups is 1. The molecule has 1 atom stereocenters. The predicted molar refractivity (Wildman–Crippen MR) is 78.5 cm³/mol. The SMILES string of the molecule is CCOC(=O)c1ccc(N2N=C(N)[C@@H](SC#N)C2=O)cc1. The van der Waals surface area contributed by atoms with Gasteiger partial charge in [-0.3, -0.25) is 4.79 Å². The van der Waals surface area contributed by atoms with Gasteiger partial charge >= 0.3 is 5.97 Å². The second kappa shape index (κ2) is 6.28. The Morgan fingerprint density at radius 1 is 1.52 bits per heavy atom. The second-order valence-corrected chi connectivity index (χ2v) is 4.92. The van der Waals surface area contributed by atoms with E-state index in [2.05, 4.69) is 5.10 Å². The van der Waals surface area contributed by atoms with Gasteiger partial charge in [-0.2, -0.15) is 15.4 Å². The molecule has 0 aliphatic carbocycles. The third kappa shape index (κ3) is 2.98. The maximum absolute atomic E-state index is 12.1. The monoisotopic (exact) mass is 304 g/mol. The van der Waals surface area contributed by atoms with E-state index >= 15 is 0 Å². The van der Waals surface area contributed by atoms with Gasteiger partial charge in [-0.05, 0) is 43.0 Å². The van der Waals surface area contributed by atoms with Gasteiger partial charge in [-0.15, -0.1) is 0 Å². The molecule has 0 unspecified atom stereocenters. The fraction of sp³-hybridized carbons (Fsp3) is 0.231. The van der Waals surface area contributed by atoms with E-state index in [1.807, 2.05) is 5.40 Å². The quantitative estimate of drug-likeness (QED) is 0.658. The molecule has 0 fully saturated rings. The number of carbonyl (C=O) groups excluding carboxylic acids is 2. The summed E-state index contributed by atoms with van der Waals surface area (Å²) in [5.41, 5.74) is 6.49. The Hall–Kier alpha value is -2.53. The van der Waals surface area contributed by atoms with Crippen LogP contribution in [-0.2, 0) is 9.53 Å². The highest BCUT2D eigenvalue weighted by molar-refractivity contribution is 8.05. The van der Waals surface area contributed by atoms with Crippen LogP contribution in [0.4, 0.5) is 5.69 Å². The number of hydrazone groups is 1. The van der Waals surface area contributed by atoms with E-state index in [4.69, 9.17) is 15.7 Å². The minimum Gasteiger partial charge on any atom is -0.462 e. The minimum atomic E-state index is -0.792. The van der Waals surface area contributed by atoms with Gasteiger partial charge in [-0.1, -0.05) is 0 Å². The Kier molecular flexibility index (Phi) is 4.45. The summed E-state index contributed by atoms with van der Waals surface area (Å²) >= 11 is 0.753. The number of amidine groups is 1. The number of benzene rings is 1. The summed E-state index contributed by atoms with van der Waals surface area (Å²) in [6.45, 7) is 2.01. The zero-order valence-corrected chi connectivity index (χ0v) is 12.0. The zero-order chi connectivity index (χ0) is 15.4. The van der Waals surface area contributed by atoms with Gasteiger partial charge in [0.05, 0.1) is 17.9 Å². The molecule has 2 N–H and O–H groups in total. The fourth-order valence-electron chi connectivity index (χ4n) is 1.76. The van der Waals surface area contributed by atoms with Crippen LogP contribution in [0.3, 0.4) is 0 Å². The Bertz CT molecular complexity index is 636. The van der Waals surface area contributed by atoms with E-state index in [0.29, 0.717) is 17.9 Å². The molecule has 0 spiro atoms. The number of thiocyanates is 1. The van der Waals surface area contributed by atoms with Crippen LogP contribution in [0.25, 0.3) is 0 Å². The van der Waals surface area contributed by atoms with E-state index in [1.165, 1.54) is 12.1 Å². The molecule has 1 aliphatic rings. The fourth-order valence-corrected chi connectivity index (χ4v) is 2.23. The molecule has 0 bridgehead atoms. The number of hydrogen-bond donors (Lipinski definition) is 1. The first-order valence-electron chi connectivity index (χ1n) is 6.08. The standard InChI is InChI=1S/C13H12N4O3S/c1-2-20-13(19)8-3-5-9(6-4-8)17-12(18)10(21-7-14)11(15)16-17/h3-6,10H,2H2,1H3,(H2,15,16)/t10-/m1/s1. The van der Waals surface area contributed by atoms with Crippen molar-refractivity contribution in [2.24, 2.45) is 10.8 Å². The van der Waals surface area contributed by atoms with Crippen LogP contribution in [0.15, 0.2) is 29.4 Å². The molecular formula is C13H12N4O3S. The molecule has 0 aromatic heterocycles. The number of carbonyl (C=O) groups is 2. The summed E-state index contributed by atoms with van der Waals surface area (Å²) in [5, 5.41) is 14.7. The molecule has 1 aromatic carbocycles. The first kappa shape index (κ1) is 14.9. The first-order chi connectivity index (χ1) is 10.1. The number of hydrogen-bond acceptors (Lipinski definition) is 7. The number of amides is 1. The minimum absolute atomic E-state index is 0.0843. The van der Waals surface area contributed by atoms with E-state index in [-0.39, 0.29) is 11.7 Å². The lowest BCUT2D eigenvalue weighted by Crippen LogP contribution is -2.32. The molecule has 1 aromatic rings. The summed E-state index contributed by atoms with van der Waals surface area (Å²) in [6.07, 6.45) is 0. The van der Waals surface area contributed by atoms with Crippen molar-refractivity contribution in [3.8, 4) is 5.40 Å². The molecule has 2 rings (SSSR count). The summed E-state index contributed by atoms with van der Waals surface area (Å²) in [6, 6.07) is 6.22. The molecule has 0 radical (unpaired) electrons. The summed E-state index contributed by atoms with van der Waals surface area (Å²) < 4.78 is 4.87. The lowest BCUT2D eigenvalue weighted by molar-refractivity contribution is -0.116.